The zero-order valence-corrected chi connectivity index (χ0v) is 18.8. The van der Waals surface area contributed by atoms with Crippen LogP contribution in [0.5, 0.6) is 11.5 Å². The van der Waals surface area contributed by atoms with Gasteiger partial charge in [-0.1, -0.05) is 6.92 Å². The van der Waals surface area contributed by atoms with Crippen molar-refractivity contribution in [2.24, 2.45) is 4.99 Å². The van der Waals surface area contributed by atoms with Crippen molar-refractivity contribution in [2.75, 3.05) is 13.6 Å². The standard InChI is InChI=1S/C19H22I2N2O/c1-5-6-23(4)12-22-18-7-14(3)19(8-13(18)2)24-17-10-15(20)9-16(21)11-17/h7-12H,5-6H2,1-4H3/b22-12+. The maximum absolute atomic E-state index is 6.10. The lowest BCUT2D eigenvalue weighted by Gasteiger charge is -2.13. The third-order valence-corrected chi connectivity index (χ3v) is 4.77. The van der Waals surface area contributed by atoms with E-state index in [2.05, 4.69) is 94.0 Å². The Labute approximate surface area is 171 Å². The Kier molecular flexibility index (Phi) is 7.34. The molecule has 0 heterocycles. The summed E-state index contributed by atoms with van der Waals surface area (Å²) in [5, 5.41) is 0. The molecule has 3 nitrogen and oxygen atoms in total. The van der Waals surface area contributed by atoms with Crippen LogP contribution in [0.25, 0.3) is 0 Å². The average Bonchev–Trinajstić information content (AvgIpc) is 2.48. The van der Waals surface area contributed by atoms with Crippen molar-refractivity contribution in [1.29, 1.82) is 0 Å². The number of benzene rings is 2. The van der Waals surface area contributed by atoms with Gasteiger partial charge in [-0.05, 0) is 107 Å². The van der Waals surface area contributed by atoms with Gasteiger partial charge in [0.1, 0.15) is 11.5 Å². The summed E-state index contributed by atoms with van der Waals surface area (Å²) >= 11 is 4.62. The van der Waals surface area contributed by atoms with Gasteiger partial charge >= 0.3 is 0 Å². The Morgan fingerprint density at radius 3 is 2.33 bits per heavy atom. The molecule has 2 aromatic rings. The molecule has 0 spiro atoms. The third kappa shape index (κ3) is 5.61. The van der Waals surface area contributed by atoms with E-state index >= 15 is 0 Å². The Balaban J connectivity index is 2.23. The first-order chi connectivity index (χ1) is 11.4. The lowest BCUT2D eigenvalue weighted by atomic mass is 10.1. The lowest BCUT2D eigenvalue weighted by molar-refractivity contribution is 0.478. The highest BCUT2D eigenvalue weighted by atomic mass is 127. The molecule has 0 aromatic heterocycles. The van der Waals surface area contributed by atoms with Crippen LogP contribution in [0, 0.1) is 21.0 Å². The van der Waals surface area contributed by atoms with Gasteiger partial charge in [-0.15, -0.1) is 0 Å². The van der Waals surface area contributed by atoms with Crippen molar-refractivity contribution in [3.63, 3.8) is 0 Å². The summed E-state index contributed by atoms with van der Waals surface area (Å²) in [5.74, 6) is 1.75. The molecule has 0 radical (unpaired) electrons. The van der Waals surface area contributed by atoms with Gasteiger partial charge in [0, 0.05) is 20.7 Å². The number of aryl methyl sites for hydroxylation is 2. The second-order valence-corrected chi connectivity index (χ2v) is 8.33. The quantitative estimate of drug-likeness (QED) is 0.241. The highest BCUT2D eigenvalue weighted by molar-refractivity contribution is 14.1. The molecular formula is C19H22I2N2O. The molecule has 2 rings (SSSR count). The van der Waals surface area contributed by atoms with Crippen molar-refractivity contribution >= 4 is 57.2 Å². The molecule has 0 unspecified atom stereocenters. The third-order valence-electron chi connectivity index (χ3n) is 3.53. The average molecular weight is 548 g/mol. The fraction of sp³-hybridized carbons (Fsp3) is 0.316. The molecule has 0 aliphatic heterocycles. The predicted molar refractivity (Wildman–Crippen MR) is 119 cm³/mol. The van der Waals surface area contributed by atoms with E-state index in [0.717, 1.165) is 41.3 Å². The molecule has 0 fully saturated rings. The zero-order valence-electron chi connectivity index (χ0n) is 14.4. The van der Waals surface area contributed by atoms with E-state index in [9.17, 15) is 0 Å². The summed E-state index contributed by atoms with van der Waals surface area (Å²) in [6.45, 7) is 7.30. The summed E-state index contributed by atoms with van der Waals surface area (Å²) in [7, 11) is 2.05. The normalized spacial score (nSPS) is 11.1. The van der Waals surface area contributed by atoms with E-state index in [1.807, 2.05) is 25.5 Å². The van der Waals surface area contributed by atoms with Crippen LogP contribution in [0.15, 0.2) is 35.3 Å². The fourth-order valence-corrected chi connectivity index (χ4v) is 4.19. The number of halogens is 2. The molecule has 0 aliphatic carbocycles. The van der Waals surface area contributed by atoms with E-state index in [1.54, 1.807) is 0 Å². The first kappa shape index (κ1) is 19.5. The summed E-state index contributed by atoms with van der Waals surface area (Å²) in [4.78, 5) is 6.71. The van der Waals surface area contributed by atoms with Gasteiger partial charge in [0.25, 0.3) is 0 Å². The van der Waals surface area contributed by atoms with Crippen LogP contribution in [-0.4, -0.2) is 24.8 Å². The number of aliphatic imine (C=N–C) groups is 1. The van der Waals surface area contributed by atoms with E-state index in [-0.39, 0.29) is 0 Å². The van der Waals surface area contributed by atoms with Crippen LogP contribution in [0.1, 0.15) is 24.5 Å². The van der Waals surface area contributed by atoms with Gasteiger partial charge in [0.05, 0.1) is 12.0 Å². The molecule has 0 saturated carbocycles. The SMILES string of the molecule is CCCN(C)/C=N/c1cc(C)c(Oc2cc(I)cc(I)c2)cc1C. The van der Waals surface area contributed by atoms with Crippen LogP contribution in [0.3, 0.4) is 0 Å². The van der Waals surface area contributed by atoms with E-state index in [0.29, 0.717) is 0 Å². The second kappa shape index (κ2) is 9.03. The maximum atomic E-state index is 6.10. The topological polar surface area (TPSA) is 24.8 Å². The van der Waals surface area contributed by atoms with Crippen molar-refractivity contribution in [1.82, 2.24) is 4.90 Å². The van der Waals surface area contributed by atoms with Crippen LogP contribution in [0.4, 0.5) is 5.69 Å². The van der Waals surface area contributed by atoms with Crippen molar-refractivity contribution < 1.29 is 4.74 Å². The highest BCUT2D eigenvalue weighted by Crippen LogP contribution is 2.32. The summed E-state index contributed by atoms with van der Waals surface area (Å²) in [6, 6.07) is 10.4. The summed E-state index contributed by atoms with van der Waals surface area (Å²) in [5.41, 5.74) is 3.18. The first-order valence-electron chi connectivity index (χ1n) is 7.88. The van der Waals surface area contributed by atoms with E-state index in [4.69, 9.17) is 4.74 Å². The smallest absolute Gasteiger partial charge is 0.130 e. The van der Waals surface area contributed by atoms with Crippen molar-refractivity contribution in [2.45, 2.75) is 27.2 Å². The Hall–Kier alpha value is -0.830. The van der Waals surface area contributed by atoms with Gasteiger partial charge in [-0.3, -0.25) is 0 Å². The zero-order chi connectivity index (χ0) is 17.7. The van der Waals surface area contributed by atoms with Gasteiger partial charge in [0.15, 0.2) is 0 Å². The molecule has 2 aromatic carbocycles. The Bertz CT molecular complexity index is 724. The molecular weight excluding hydrogens is 526 g/mol. The molecule has 0 N–H and O–H groups in total. The number of nitrogens with zero attached hydrogens (tertiary/aromatic N) is 2. The fourth-order valence-electron chi connectivity index (χ4n) is 2.31. The molecule has 0 amide bonds. The van der Waals surface area contributed by atoms with Crippen molar-refractivity contribution in [3.8, 4) is 11.5 Å². The largest absolute Gasteiger partial charge is 0.457 e. The minimum atomic E-state index is 0.868. The molecule has 0 atom stereocenters. The first-order valence-corrected chi connectivity index (χ1v) is 10.0. The molecule has 5 heteroatoms. The molecule has 0 aliphatic rings. The number of hydrogen-bond donors (Lipinski definition) is 0. The number of rotatable bonds is 6. The lowest BCUT2D eigenvalue weighted by Crippen LogP contribution is -2.16. The minimum absolute atomic E-state index is 0.868. The van der Waals surface area contributed by atoms with Gasteiger partial charge in [-0.2, -0.15) is 0 Å². The number of hydrogen-bond acceptors (Lipinski definition) is 2. The van der Waals surface area contributed by atoms with E-state index < -0.39 is 0 Å². The predicted octanol–water partition coefficient (Wildman–Crippen LogP) is 6.31. The molecule has 128 valence electrons. The van der Waals surface area contributed by atoms with Gasteiger partial charge in [0.2, 0.25) is 0 Å². The van der Waals surface area contributed by atoms with E-state index in [1.165, 1.54) is 7.14 Å². The monoisotopic (exact) mass is 548 g/mol. The molecule has 0 saturated heterocycles. The van der Waals surface area contributed by atoms with Gasteiger partial charge in [-0.25, -0.2) is 4.99 Å². The summed E-state index contributed by atoms with van der Waals surface area (Å²) in [6.07, 6.45) is 3.01. The highest BCUT2D eigenvalue weighted by Gasteiger charge is 2.07. The van der Waals surface area contributed by atoms with Crippen LogP contribution < -0.4 is 4.74 Å². The minimum Gasteiger partial charge on any atom is -0.457 e. The molecule has 24 heavy (non-hydrogen) atoms. The van der Waals surface area contributed by atoms with Crippen LogP contribution in [-0.2, 0) is 0 Å². The molecule has 0 bridgehead atoms. The van der Waals surface area contributed by atoms with Crippen LogP contribution in [0.2, 0.25) is 0 Å². The van der Waals surface area contributed by atoms with Gasteiger partial charge < -0.3 is 9.64 Å². The maximum Gasteiger partial charge on any atom is 0.130 e. The van der Waals surface area contributed by atoms with Crippen LogP contribution >= 0.6 is 45.2 Å². The summed E-state index contributed by atoms with van der Waals surface area (Å²) < 4.78 is 8.44. The Morgan fingerprint density at radius 2 is 1.71 bits per heavy atom. The van der Waals surface area contributed by atoms with Crippen molar-refractivity contribution in [3.05, 3.63) is 48.6 Å². The number of ether oxygens (including phenoxy) is 1. The Morgan fingerprint density at radius 1 is 1.04 bits per heavy atom. The second-order valence-electron chi connectivity index (χ2n) is 5.84.